The summed E-state index contributed by atoms with van der Waals surface area (Å²) in [7, 11) is -0.892. The summed E-state index contributed by atoms with van der Waals surface area (Å²) in [5.74, 6) is -2.18. The first-order valence-corrected chi connectivity index (χ1v) is 16.3. The molecule has 0 heterocycles. The first-order chi connectivity index (χ1) is 23.0. The van der Waals surface area contributed by atoms with E-state index in [0.717, 1.165) is 9.79 Å². The molecule has 7 aromatic rings. The fourth-order valence-electron chi connectivity index (χ4n) is 6.02. The quantitative estimate of drug-likeness (QED) is 0.120. The molecule has 7 aromatic carbocycles. The summed E-state index contributed by atoms with van der Waals surface area (Å²) in [5, 5.41) is 0. The molecule has 0 aliphatic rings. The maximum atomic E-state index is 16.2. The Labute approximate surface area is 274 Å². The lowest BCUT2D eigenvalue weighted by Crippen LogP contribution is -2.10. The highest BCUT2D eigenvalue weighted by atomic mass is 32.2. The lowest BCUT2D eigenvalue weighted by Gasteiger charge is -2.24. The van der Waals surface area contributed by atoms with Crippen LogP contribution in [0.1, 0.15) is 0 Å². The second-order valence-electron chi connectivity index (χ2n) is 10.9. The van der Waals surface area contributed by atoms with Gasteiger partial charge < -0.3 is 0 Å². The van der Waals surface area contributed by atoms with E-state index in [1.54, 1.807) is 72.8 Å². The van der Waals surface area contributed by atoms with Gasteiger partial charge in [0, 0.05) is 45.0 Å². The maximum Gasteiger partial charge on any atom is 0.175 e. The van der Waals surface area contributed by atoms with E-state index in [2.05, 4.69) is 0 Å². The Hall–Kier alpha value is -5.39. The van der Waals surface area contributed by atoms with Crippen LogP contribution in [0.5, 0.6) is 0 Å². The van der Waals surface area contributed by atoms with Crippen molar-refractivity contribution in [1.29, 1.82) is 0 Å². The largest absolute Gasteiger partial charge is 0.206 e. The standard InChI is InChI=1S/C42H27F4S/c43-35-23-11-7-19-30(35)34-27-39(47(28-15-3-1-4-16-28)29-17-5-2-6-18-29)41(32-21-9-13-25-37(32)45)42(33-22-10-14-26-38(33)46)40(34)31-20-8-12-24-36(31)44/h1-27H/q+1. The lowest BCUT2D eigenvalue weighted by atomic mass is 9.82. The molecule has 0 nitrogen and oxygen atoms in total. The molecule has 0 aliphatic heterocycles. The van der Waals surface area contributed by atoms with E-state index in [4.69, 9.17) is 0 Å². The Kier molecular flexibility index (Phi) is 8.47. The van der Waals surface area contributed by atoms with Gasteiger partial charge in [0.25, 0.3) is 0 Å². The van der Waals surface area contributed by atoms with Gasteiger partial charge in [-0.3, -0.25) is 0 Å². The zero-order valence-electron chi connectivity index (χ0n) is 25.0. The van der Waals surface area contributed by atoms with Crippen LogP contribution < -0.4 is 0 Å². The molecule has 0 bridgehead atoms. The summed E-state index contributed by atoms with van der Waals surface area (Å²) in [6.45, 7) is 0. The molecule has 0 unspecified atom stereocenters. The molecule has 0 amide bonds. The molecule has 0 aromatic heterocycles. The van der Waals surface area contributed by atoms with Gasteiger partial charge in [-0.05, 0) is 54.1 Å². The Morgan fingerprint density at radius 1 is 0.298 bits per heavy atom. The maximum absolute atomic E-state index is 16.2. The fraction of sp³-hybridized carbons (Fsp3) is 0. The molecule has 0 aliphatic carbocycles. The zero-order valence-corrected chi connectivity index (χ0v) is 25.8. The number of hydrogen-bond donors (Lipinski definition) is 0. The van der Waals surface area contributed by atoms with Crippen LogP contribution in [0.25, 0.3) is 44.5 Å². The average molecular weight is 640 g/mol. The molecule has 0 spiro atoms. The molecule has 47 heavy (non-hydrogen) atoms. The molecular weight excluding hydrogens is 613 g/mol. The van der Waals surface area contributed by atoms with E-state index in [9.17, 15) is 0 Å². The molecule has 5 heteroatoms. The van der Waals surface area contributed by atoms with Gasteiger partial charge in [0.1, 0.15) is 23.3 Å². The molecule has 0 fully saturated rings. The van der Waals surface area contributed by atoms with Gasteiger partial charge in [0.15, 0.2) is 14.7 Å². The Morgan fingerprint density at radius 3 is 1.06 bits per heavy atom. The lowest BCUT2D eigenvalue weighted by molar-refractivity contribution is 0.627. The van der Waals surface area contributed by atoms with E-state index in [-0.39, 0.29) is 33.4 Å². The average Bonchev–Trinajstić information content (AvgIpc) is 3.10. The molecule has 0 N–H and O–H groups in total. The van der Waals surface area contributed by atoms with E-state index < -0.39 is 34.2 Å². The van der Waals surface area contributed by atoms with Crippen molar-refractivity contribution in [3.8, 4) is 44.5 Å². The molecule has 228 valence electrons. The van der Waals surface area contributed by atoms with Crippen molar-refractivity contribution in [3.05, 3.63) is 187 Å². The highest BCUT2D eigenvalue weighted by Crippen LogP contribution is 2.52. The van der Waals surface area contributed by atoms with Gasteiger partial charge in [0.05, 0.1) is 10.9 Å². The summed E-state index contributed by atoms with van der Waals surface area (Å²) in [4.78, 5) is 2.49. The molecule has 0 saturated heterocycles. The van der Waals surface area contributed by atoms with Crippen molar-refractivity contribution in [1.82, 2.24) is 0 Å². The normalized spacial score (nSPS) is 11.2. The van der Waals surface area contributed by atoms with Crippen LogP contribution in [-0.4, -0.2) is 0 Å². The Balaban J connectivity index is 1.77. The van der Waals surface area contributed by atoms with Crippen LogP contribution in [0, 0.1) is 23.3 Å². The van der Waals surface area contributed by atoms with Crippen molar-refractivity contribution in [2.45, 2.75) is 14.7 Å². The first kappa shape index (κ1) is 30.3. The topological polar surface area (TPSA) is 0 Å². The predicted molar refractivity (Wildman–Crippen MR) is 183 cm³/mol. The SMILES string of the molecule is Fc1ccccc1-c1cc([S+](c2ccccc2)c2ccccc2)c(-c2ccccc2F)c(-c2ccccc2F)c1-c1ccccc1F. The summed E-state index contributed by atoms with van der Waals surface area (Å²) < 4.78 is 64.3. The van der Waals surface area contributed by atoms with Crippen molar-refractivity contribution in [2.75, 3.05) is 0 Å². The van der Waals surface area contributed by atoms with Crippen LogP contribution in [0.3, 0.4) is 0 Å². The van der Waals surface area contributed by atoms with Crippen LogP contribution >= 0.6 is 0 Å². The number of hydrogen-bond acceptors (Lipinski definition) is 0. The van der Waals surface area contributed by atoms with Crippen LogP contribution in [0.15, 0.2) is 178 Å². The van der Waals surface area contributed by atoms with Crippen LogP contribution in [0.4, 0.5) is 17.6 Å². The summed E-state index contributed by atoms with van der Waals surface area (Å²) in [5.41, 5.74) is 2.05. The van der Waals surface area contributed by atoms with E-state index in [0.29, 0.717) is 16.0 Å². The molecule has 0 radical (unpaired) electrons. The summed E-state index contributed by atoms with van der Waals surface area (Å²) >= 11 is 0. The molecule has 0 saturated carbocycles. The zero-order chi connectivity index (χ0) is 32.3. The highest BCUT2D eigenvalue weighted by Gasteiger charge is 2.37. The minimum atomic E-state index is -0.892. The van der Waals surface area contributed by atoms with Gasteiger partial charge in [0.2, 0.25) is 0 Å². The van der Waals surface area contributed by atoms with Crippen molar-refractivity contribution >= 4 is 10.9 Å². The van der Waals surface area contributed by atoms with Gasteiger partial charge in [-0.1, -0.05) is 109 Å². The first-order valence-electron chi connectivity index (χ1n) is 15.1. The summed E-state index contributed by atoms with van der Waals surface area (Å²) in [6.07, 6.45) is 0. The van der Waals surface area contributed by atoms with Gasteiger partial charge in [-0.15, -0.1) is 0 Å². The van der Waals surface area contributed by atoms with Gasteiger partial charge >= 0.3 is 0 Å². The van der Waals surface area contributed by atoms with Gasteiger partial charge in [-0.2, -0.15) is 0 Å². The third-order valence-corrected chi connectivity index (χ3v) is 10.3. The van der Waals surface area contributed by atoms with Gasteiger partial charge in [-0.25, -0.2) is 17.6 Å². The number of halogens is 4. The second kappa shape index (κ2) is 13.1. The van der Waals surface area contributed by atoms with E-state index >= 15 is 17.6 Å². The van der Waals surface area contributed by atoms with Crippen LogP contribution in [0.2, 0.25) is 0 Å². The molecular formula is C42H27F4S+. The van der Waals surface area contributed by atoms with Crippen molar-refractivity contribution in [3.63, 3.8) is 0 Å². The minimum Gasteiger partial charge on any atom is -0.206 e. The van der Waals surface area contributed by atoms with Crippen molar-refractivity contribution < 1.29 is 17.6 Å². The third kappa shape index (κ3) is 5.75. The monoisotopic (exact) mass is 639 g/mol. The number of rotatable bonds is 7. The smallest absolute Gasteiger partial charge is 0.175 e. The summed E-state index contributed by atoms with van der Waals surface area (Å²) in [6, 6.07) is 46.4. The molecule has 0 atom stereocenters. The van der Waals surface area contributed by atoms with Crippen molar-refractivity contribution in [2.24, 2.45) is 0 Å². The third-order valence-electron chi connectivity index (χ3n) is 8.06. The highest BCUT2D eigenvalue weighted by molar-refractivity contribution is 7.97. The van der Waals surface area contributed by atoms with E-state index in [1.165, 1.54) is 24.3 Å². The Morgan fingerprint density at radius 2 is 0.638 bits per heavy atom. The minimum absolute atomic E-state index is 0.146. The fourth-order valence-corrected chi connectivity index (χ4v) is 8.31. The van der Waals surface area contributed by atoms with Crippen LogP contribution in [-0.2, 0) is 10.9 Å². The second-order valence-corrected chi connectivity index (χ2v) is 12.9. The molecule has 7 rings (SSSR count). The predicted octanol–water partition coefficient (Wildman–Crippen LogP) is 12.0. The van der Waals surface area contributed by atoms with E-state index in [1.807, 2.05) is 66.7 Å². The Bertz CT molecular complexity index is 2160. The number of benzene rings is 7.